The molecule has 1 amide bonds. The van der Waals surface area contributed by atoms with E-state index in [-0.39, 0.29) is 5.82 Å². The van der Waals surface area contributed by atoms with Crippen LogP contribution < -0.4 is 10.2 Å². The molecule has 0 spiro atoms. The van der Waals surface area contributed by atoms with Gasteiger partial charge in [-0.15, -0.1) is 0 Å². The van der Waals surface area contributed by atoms with Gasteiger partial charge in [-0.1, -0.05) is 0 Å². The monoisotopic (exact) mass is 320 g/mol. The third-order valence-electron chi connectivity index (χ3n) is 3.49. The van der Waals surface area contributed by atoms with E-state index in [1.54, 1.807) is 32.9 Å². The average molecular weight is 320 g/mol. The van der Waals surface area contributed by atoms with Crippen LogP contribution in [0.2, 0.25) is 0 Å². The first-order chi connectivity index (χ1) is 10.8. The Morgan fingerprint density at radius 1 is 1.26 bits per heavy atom. The smallest absolute Gasteiger partial charge is 0.413 e. The molecule has 0 radical (unpaired) electrons. The SMILES string of the molecule is CN1CCN(c2ccc(C=O)c(NC(=O)OC(C)(C)C)n2)CC1. The van der Waals surface area contributed by atoms with E-state index >= 15 is 0 Å². The zero-order chi connectivity index (χ0) is 17.0. The van der Waals surface area contributed by atoms with Gasteiger partial charge in [0.1, 0.15) is 17.2 Å². The maximum absolute atomic E-state index is 11.9. The minimum absolute atomic E-state index is 0.227. The molecular weight excluding hydrogens is 296 g/mol. The first-order valence-electron chi connectivity index (χ1n) is 7.68. The van der Waals surface area contributed by atoms with E-state index in [4.69, 9.17) is 4.74 Å². The second-order valence-corrected chi connectivity index (χ2v) is 6.64. The Morgan fingerprint density at radius 2 is 1.91 bits per heavy atom. The number of carbonyl (C=O) groups excluding carboxylic acids is 2. The molecule has 23 heavy (non-hydrogen) atoms. The molecule has 0 saturated carbocycles. The number of aldehydes is 1. The zero-order valence-electron chi connectivity index (χ0n) is 14.1. The van der Waals surface area contributed by atoms with E-state index in [1.807, 2.05) is 0 Å². The van der Waals surface area contributed by atoms with Crippen molar-refractivity contribution in [2.45, 2.75) is 26.4 Å². The number of amides is 1. The zero-order valence-corrected chi connectivity index (χ0v) is 14.1. The maximum atomic E-state index is 11.9. The van der Waals surface area contributed by atoms with Crippen molar-refractivity contribution in [3.8, 4) is 0 Å². The van der Waals surface area contributed by atoms with E-state index in [0.717, 1.165) is 32.0 Å². The highest BCUT2D eigenvalue weighted by Gasteiger charge is 2.20. The summed E-state index contributed by atoms with van der Waals surface area (Å²) in [5.41, 5.74) is -0.283. The lowest BCUT2D eigenvalue weighted by Crippen LogP contribution is -2.44. The van der Waals surface area contributed by atoms with Gasteiger partial charge in [-0.05, 0) is 40.0 Å². The summed E-state index contributed by atoms with van der Waals surface area (Å²) in [5.74, 6) is 0.973. The van der Waals surface area contributed by atoms with Gasteiger partial charge in [0.25, 0.3) is 0 Å². The number of anilines is 2. The summed E-state index contributed by atoms with van der Waals surface area (Å²) in [6, 6.07) is 3.47. The Hall–Kier alpha value is -2.15. The predicted molar refractivity (Wildman–Crippen MR) is 89.2 cm³/mol. The van der Waals surface area contributed by atoms with Gasteiger partial charge in [0, 0.05) is 26.2 Å². The number of aromatic nitrogens is 1. The number of nitrogens with one attached hydrogen (secondary N) is 1. The fourth-order valence-electron chi connectivity index (χ4n) is 2.27. The van der Waals surface area contributed by atoms with Crippen molar-refractivity contribution in [2.75, 3.05) is 43.4 Å². The molecular formula is C16H24N4O3. The van der Waals surface area contributed by atoms with Crippen LogP contribution in [0.25, 0.3) is 0 Å². The minimum atomic E-state index is -0.622. The third kappa shape index (κ3) is 4.92. The molecule has 0 atom stereocenters. The van der Waals surface area contributed by atoms with Gasteiger partial charge in [-0.3, -0.25) is 10.1 Å². The predicted octanol–water partition coefficient (Wildman–Crippen LogP) is 1.99. The molecule has 1 aromatic heterocycles. The Labute approximate surface area is 136 Å². The van der Waals surface area contributed by atoms with E-state index in [0.29, 0.717) is 11.8 Å². The van der Waals surface area contributed by atoms with Gasteiger partial charge in [0.2, 0.25) is 0 Å². The summed E-state index contributed by atoms with van der Waals surface area (Å²) in [5, 5.41) is 2.57. The fraction of sp³-hybridized carbons (Fsp3) is 0.562. The van der Waals surface area contributed by atoms with E-state index < -0.39 is 11.7 Å². The molecule has 0 unspecified atom stereocenters. The van der Waals surface area contributed by atoms with Crippen molar-refractivity contribution in [3.63, 3.8) is 0 Å². The van der Waals surface area contributed by atoms with Crippen molar-refractivity contribution < 1.29 is 14.3 Å². The summed E-state index contributed by atoms with van der Waals surface area (Å²) in [6.45, 7) is 8.95. The molecule has 1 saturated heterocycles. The number of rotatable bonds is 3. The van der Waals surface area contributed by atoms with Crippen LogP contribution in [-0.4, -0.2) is 61.1 Å². The third-order valence-corrected chi connectivity index (χ3v) is 3.49. The van der Waals surface area contributed by atoms with Gasteiger partial charge < -0.3 is 14.5 Å². The van der Waals surface area contributed by atoms with Gasteiger partial charge in [0.05, 0.1) is 5.56 Å². The maximum Gasteiger partial charge on any atom is 0.413 e. The summed E-state index contributed by atoms with van der Waals surface area (Å²) in [7, 11) is 2.08. The highest BCUT2D eigenvalue weighted by atomic mass is 16.6. The standard InChI is InChI=1S/C16H24N4O3/c1-16(2,3)23-15(22)18-14-12(11-21)5-6-13(17-14)20-9-7-19(4)8-10-20/h5-6,11H,7-10H2,1-4H3,(H,17,18,22). The van der Waals surface area contributed by atoms with Crippen LogP contribution in [0.3, 0.4) is 0 Å². The molecule has 1 fully saturated rings. The molecule has 0 aliphatic carbocycles. The van der Waals surface area contributed by atoms with Gasteiger partial charge >= 0.3 is 6.09 Å². The van der Waals surface area contributed by atoms with Crippen molar-refractivity contribution in [2.24, 2.45) is 0 Å². The van der Waals surface area contributed by atoms with Crippen LogP contribution >= 0.6 is 0 Å². The summed E-state index contributed by atoms with van der Waals surface area (Å²) in [6.07, 6.45) is 0.0524. The largest absolute Gasteiger partial charge is 0.444 e. The molecule has 0 aromatic carbocycles. The quantitative estimate of drug-likeness (QED) is 0.859. The van der Waals surface area contributed by atoms with Crippen molar-refractivity contribution >= 4 is 24.0 Å². The van der Waals surface area contributed by atoms with Crippen molar-refractivity contribution in [1.82, 2.24) is 9.88 Å². The van der Waals surface area contributed by atoms with Crippen LogP contribution in [0, 0.1) is 0 Å². The summed E-state index contributed by atoms with van der Waals surface area (Å²) >= 11 is 0. The average Bonchev–Trinajstić information content (AvgIpc) is 2.46. The number of ether oxygens (including phenoxy) is 1. The normalized spacial score (nSPS) is 16.1. The molecule has 2 heterocycles. The number of hydrogen-bond donors (Lipinski definition) is 1. The lowest BCUT2D eigenvalue weighted by molar-refractivity contribution is 0.0635. The van der Waals surface area contributed by atoms with Gasteiger partial charge in [-0.25, -0.2) is 9.78 Å². The van der Waals surface area contributed by atoms with Crippen LogP contribution in [0.1, 0.15) is 31.1 Å². The number of piperazine rings is 1. The number of nitrogens with zero attached hydrogens (tertiary/aromatic N) is 3. The van der Waals surface area contributed by atoms with E-state index in [2.05, 4.69) is 27.1 Å². The number of hydrogen-bond acceptors (Lipinski definition) is 6. The Bertz CT molecular complexity index is 575. The molecule has 0 bridgehead atoms. The first-order valence-corrected chi connectivity index (χ1v) is 7.68. The summed E-state index contributed by atoms with van der Waals surface area (Å²) in [4.78, 5) is 31.9. The van der Waals surface area contributed by atoms with Crippen LogP contribution in [-0.2, 0) is 4.74 Å². The lowest BCUT2D eigenvalue weighted by Gasteiger charge is -2.33. The molecule has 1 aromatic rings. The van der Waals surface area contributed by atoms with Crippen LogP contribution in [0.15, 0.2) is 12.1 Å². The van der Waals surface area contributed by atoms with Crippen molar-refractivity contribution in [3.05, 3.63) is 17.7 Å². The molecule has 7 heteroatoms. The highest BCUT2D eigenvalue weighted by Crippen LogP contribution is 2.20. The topological polar surface area (TPSA) is 74.8 Å². The molecule has 1 aliphatic heterocycles. The van der Waals surface area contributed by atoms with E-state index in [9.17, 15) is 9.59 Å². The first kappa shape index (κ1) is 17.2. The Kier molecular flexibility index (Phi) is 5.20. The second-order valence-electron chi connectivity index (χ2n) is 6.64. The number of carbonyl (C=O) groups is 2. The lowest BCUT2D eigenvalue weighted by atomic mass is 10.2. The molecule has 126 valence electrons. The molecule has 1 aliphatic rings. The number of pyridine rings is 1. The molecule has 1 N–H and O–H groups in total. The highest BCUT2D eigenvalue weighted by molar-refractivity contribution is 5.92. The Balaban J connectivity index is 2.15. The molecule has 7 nitrogen and oxygen atoms in total. The van der Waals surface area contributed by atoms with Gasteiger partial charge in [0.15, 0.2) is 6.29 Å². The van der Waals surface area contributed by atoms with E-state index in [1.165, 1.54) is 0 Å². The Morgan fingerprint density at radius 3 is 2.48 bits per heavy atom. The minimum Gasteiger partial charge on any atom is -0.444 e. The van der Waals surface area contributed by atoms with Crippen molar-refractivity contribution in [1.29, 1.82) is 0 Å². The number of likely N-dealkylation sites (N-methyl/N-ethyl adjacent to an activating group) is 1. The van der Waals surface area contributed by atoms with Crippen LogP contribution in [0.5, 0.6) is 0 Å². The second kappa shape index (κ2) is 6.95. The van der Waals surface area contributed by atoms with Gasteiger partial charge in [-0.2, -0.15) is 0 Å². The summed E-state index contributed by atoms with van der Waals surface area (Å²) < 4.78 is 5.21. The molecule has 2 rings (SSSR count). The van der Waals surface area contributed by atoms with Crippen LogP contribution in [0.4, 0.5) is 16.4 Å². The fourth-order valence-corrected chi connectivity index (χ4v) is 2.27.